The van der Waals surface area contributed by atoms with Gasteiger partial charge in [0.15, 0.2) is 4.80 Å². The van der Waals surface area contributed by atoms with Gasteiger partial charge in [0, 0.05) is 26.7 Å². The van der Waals surface area contributed by atoms with Crippen LogP contribution in [0.3, 0.4) is 0 Å². The van der Waals surface area contributed by atoms with Crippen LogP contribution in [-0.2, 0) is 26.1 Å². The van der Waals surface area contributed by atoms with Crippen molar-refractivity contribution < 1.29 is 27.4 Å². The normalized spacial score (nSPS) is 17.6. The highest BCUT2D eigenvalue weighted by molar-refractivity contribution is 7.89. The van der Waals surface area contributed by atoms with E-state index in [9.17, 15) is 13.2 Å². The Morgan fingerprint density at radius 2 is 1.80 bits per heavy atom. The summed E-state index contributed by atoms with van der Waals surface area (Å²) in [7, 11) is 1.12. The monoisotopic (exact) mass is 519 g/mol. The minimum atomic E-state index is -3.67. The van der Waals surface area contributed by atoms with Crippen molar-refractivity contribution in [3.05, 3.63) is 47.3 Å². The number of methoxy groups -OCH3 is 3. The number of thiazole rings is 1. The van der Waals surface area contributed by atoms with E-state index < -0.39 is 15.9 Å². The lowest BCUT2D eigenvalue weighted by molar-refractivity contribution is -0.122. The molecule has 1 fully saturated rings. The van der Waals surface area contributed by atoms with Gasteiger partial charge in [-0.15, -0.1) is 0 Å². The summed E-state index contributed by atoms with van der Waals surface area (Å²) in [6, 6.07) is 11.9. The molecule has 0 aliphatic carbocycles. The standard InChI is InChI=1S/C24H29N3O6S2/c1-31-15-14-27-21-19(32-2)11-12-20(33-3)22(21)34-24(27)25-23(28)17-8-7-13-26(16-17)35(29,30)18-9-5-4-6-10-18/h4-6,9-12,17H,7-8,13-16H2,1-3H3. The molecule has 0 N–H and O–H groups in total. The average Bonchev–Trinajstić information content (AvgIpc) is 3.25. The fourth-order valence-corrected chi connectivity index (χ4v) is 6.93. The second kappa shape index (κ2) is 10.9. The number of sulfonamides is 1. The fourth-order valence-electron chi connectivity index (χ4n) is 4.22. The van der Waals surface area contributed by atoms with Gasteiger partial charge in [0.25, 0.3) is 5.91 Å². The smallest absolute Gasteiger partial charge is 0.252 e. The van der Waals surface area contributed by atoms with Crippen LogP contribution >= 0.6 is 11.3 Å². The van der Waals surface area contributed by atoms with Gasteiger partial charge in [0.1, 0.15) is 21.7 Å². The first-order valence-electron chi connectivity index (χ1n) is 11.3. The third kappa shape index (κ3) is 5.13. The molecule has 1 saturated heterocycles. The molecule has 3 aromatic rings. The first kappa shape index (κ1) is 25.4. The number of rotatable bonds is 8. The first-order valence-corrected chi connectivity index (χ1v) is 13.5. The maximum Gasteiger partial charge on any atom is 0.252 e. The Bertz CT molecular complexity index is 1370. The van der Waals surface area contributed by atoms with Gasteiger partial charge in [-0.05, 0) is 37.1 Å². The summed E-state index contributed by atoms with van der Waals surface area (Å²) in [5, 5.41) is 0. The topological polar surface area (TPSA) is 99.4 Å². The molecular weight excluding hydrogens is 490 g/mol. The number of piperidine rings is 1. The molecule has 1 atom stereocenters. The number of nitrogens with zero attached hydrogens (tertiary/aromatic N) is 3. The predicted octanol–water partition coefficient (Wildman–Crippen LogP) is 2.89. The summed E-state index contributed by atoms with van der Waals surface area (Å²) in [6.07, 6.45) is 1.18. The lowest BCUT2D eigenvalue weighted by atomic mass is 9.99. The van der Waals surface area contributed by atoms with Crippen molar-refractivity contribution in [1.82, 2.24) is 8.87 Å². The minimum Gasteiger partial charge on any atom is -0.495 e. The van der Waals surface area contributed by atoms with Crippen molar-refractivity contribution in [2.75, 3.05) is 41.0 Å². The molecule has 0 radical (unpaired) electrons. The third-order valence-corrected chi connectivity index (χ3v) is 9.00. The number of carbonyl (C=O) groups is 1. The molecule has 1 amide bonds. The van der Waals surface area contributed by atoms with E-state index in [1.807, 2.05) is 16.7 Å². The summed E-state index contributed by atoms with van der Waals surface area (Å²) in [5.74, 6) is 0.434. The maximum atomic E-state index is 13.3. The van der Waals surface area contributed by atoms with E-state index in [0.717, 1.165) is 10.2 Å². The molecule has 1 aliphatic heterocycles. The summed E-state index contributed by atoms with van der Waals surface area (Å²) < 4.78 is 46.6. The van der Waals surface area contributed by atoms with Gasteiger partial charge in [-0.1, -0.05) is 29.5 Å². The van der Waals surface area contributed by atoms with Crippen LogP contribution in [0, 0.1) is 5.92 Å². The van der Waals surface area contributed by atoms with E-state index in [2.05, 4.69) is 4.99 Å². The Morgan fingerprint density at radius 3 is 2.49 bits per heavy atom. The van der Waals surface area contributed by atoms with Crippen LogP contribution in [0.2, 0.25) is 0 Å². The number of aromatic nitrogens is 1. The predicted molar refractivity (Wildman–Crippen MR) is 133 cm³/mol. The van der Waals surface area contributed by atoms with Crippen LogP contribution in [0.15, 0.2) is 52.4 Å². The zero-order valence-electron chi connectivity index (χ0n) is 20.0. The zero-order chi connectivity index (χ0) is 25.0. The van der Waals surface area contributed by atoms with Gasteiger partial charge < -0.3 is 18.8 Å². The number of hydrogen-bond acceptors (Lipinski definition) is 7. The van der Waals surface area contributed by atoms with E-state index in [4.69, 9.17) is 14.2 Å². The highest BCUT2D eigenvalue weighted by Crippen LogP contribution is 2.35. The number of benzene rings is 2. The van der Waals surface area contributed by atoms with Gasteiger partial charge in [0.05, 0.1) is 31.6 Å². The molecule has 1 unspecified atom stereocenters. The molecule has 4 rings (SSSR count). The van der Waals surface area contributed by atoms with E-state index >= 15 is 0 Å². The molecule has 35 heavy (non-hydrogen) atoms. The molecular formula is C24H29N3O6S2. The lowest BCUT2D eigenvalue weighted by Gasteiger charge is -2.30. The second-order valence-electron chi connectivity index (χ2n) is 8.14. The molecule has 2 aromatic carbocycles. The Morgan fingerprint density at radius 1 is 1.09 bits per heavy atom. The quantitative estimate of drug-likeness (QED) is 0.454. The van der Waals surface area contributed by atoms with Gasteiger partial charge in [-0.3, -0.25) is 4.79 Å². The van der Waals surface area contributed by atoms with E-state index in [0.29, 0.717) is 48.8 Å². The van der Waals surface area contributed by atoms with Crippen LogP contribution in [0.25, 0.3) is 10.2 Å². The van der Waals surface area contributed by atoms with Crippen LogP contribution < -0.4 is 14.3 Å². The fraction of sp³-hybridized carbons (Fsp3) is 0.417. The summed E-state index contributed by atoms with van der Waals surface area (Å²) in [4.78, 5) is 18.5. The zero-order valence-corrected chi connectivity index (χ0v) is 21.6. The minimum absolute atomic E-state index is 0.106. The molecule has 0 saturated carbocycles. The molecule has 11 heteroatoms. The van der Waals surface area contributed by atoms with Crippen molar-refractivity contribution >= 4 is 37.5 Å². The number of fused-ring (bicyclic) bond motifs is 1. The number of hydrogen-bond donors (Lipinski definition) is 0. The Hall–Kier alpha value is -2.73. The summed E-state index contributed by atoms with van der Waals surface area (Å²) in [6.45, 7) is 1.37. The molecule has 1 aliphatic rings. The highest BCUT2D eigenvalue weighted by Gasteiger charge is 2.33. The summed E-state index contributed by atoms with van der Waals surface area (Å²) in [5.41, 5.74) is 0.775. The van der Waals surface area contributed by atoms with Gasteiger partial charge in [-0.2, -0.15) is 9.30 Å². The first-order chi connectivity index (χ1) is 16.9. The van der Waals surface area contributed by atoms with Crippen LogP contribution in [-0.4, -0.2) is 64.2 Å². The average molecular weight is 520 g/mol. The Kier molecular flexibility index (Phi) is 7.90. The number of amides is 1. The molecule has 2 heterocycles. The maximum absolute atomic E-state index is 13.3. The lowest BCUT2D eigenvalue weighted by Crippen LogP contribution is -2.42. The molecule has 9 nitrogen and oxygen atoms in total. The van der Waals surface area contributed by atoms with Crippen molar-refractivity contribution in [2.45, 2.75) is 24.3 Å². The summed E-state index contributed by atoms with van der Waals surface area (Å²) >= 11 is 1.33. The van der Waals surface area contributed by atoms with Crippen LogP contribution in [0.5, 0.6) is 11.5 Å². The molecule has 1 aromatic heterocycles. The number of carbonyl (C=O) groups excluding carboxylic acids is 1. The van der Waals surface area contributed by atoms with Gasteiger partial charge >= 0.3 is 0 Å². The van der Waals surface area contributed by atoms with E-state index in [-0.39, 0.29) is 17.3 Å². The largest absolute Gasteiger partial charge is 0.495 e. The molecule has 0 spiro atoms. The van der Waals surface area contributed by atoms with E-state index in [1.165, 1.54) is 15.6 Å². The van der Waals surface area contributed by atoms with Gasteiger partial charge in [-0.25, -0.2) is 8.42 Å². The van der Waals surface area contributed by atoms with Crippen molar-refractivity contribution in [1.29, 1.82) is 0 Å². The van der Waals surface area contributed by atoms with Crippen molar-refractivity contribution in [3.63, 3.8) is 0 Å². The van der Waals surface area contributed by atoms with Crippen molar-refractivity contribution in [2.24, 2.45) is 10.9 Å². The molecule has 188 valence electrons. The van der Waals surface area contributed by atoms with Gasteiger partial charge in [0.2, 0.25) is 10.0 Å². The third-order valence-electron chi connectivity index (χ3n) is 6.03. The van der Waals surface area contributed by atoms with Crippen molar-refractivity contribution in [3.8, 4) is 11.5 Å². The van der Waals surface area contributed by atoms with Crippen LogP contribution in [0.1, 0.15) is 12.8 Å². The number of ether oxygens (including phenoxy) is 3. The van der Waals surface area contributed by atoms with Crippen LogP contribution in [0.4, 0.5) is 0 Å². The van der Waals surface area contributed by atoms with E-state index in [1.54, 1.807) is 51.7 Å². The molecule has 0 bridgehead atoms. The Balaban J connectivity index is 1.70. The highest BCUT2D eigenvalue weighted by atomic mass is 32.2. The Labute approximate surface area is 208 Å². The second-order valence-corrected chi connectivity index (χ2v) is 11.1. The SMILES string of the molecule is COCCn1c(=NC(=O)C2CCCN(S(=O)(=O)c3ccccc3)C2)sc2c(OC)ccc(OC)c21.